The number of hydrogen-bond acceptors (Lipinski definition) is 0. The minimum absolute atomic E-state index is 0. The first kappa shape index (κ1) is 27.7. The standard InChI is InChI=1S/C24H20P.C6H5Cl2I.ClH/c1-5-13-21(14-6-1)25(22-15-7-2-8-16-22,23-17-9-3-10-18-23)24-19-11-4-12-20-24;7-9(8)6-4-2-1-3-5-6;/h1-20H;1-5H;1H/q+1;;/p-1. The quantitative estimate of drug-likeness (QED) is 0.186. The van der Waals surface area contributed by atoms with Gasteiger partial charge in [-0.05, 0) is 48.5 Å². The Kier molecular flexibility index (Phi) is 11.1. The van der Waals surface area contributed by atoms with Crippen LogP contribution >= 0.6 is 42.6 Å². The Balaban J connectivity index is 0.000000291. The molecule has 0 radical (unpaired) electrons. The van der Waals surface area contributed by atoms with Gasteiger partial charge in [-0.3, -0.25) is 0 Å². The summed E-state index contributed by atoms with van der Waals surface area (Å²) in [7, 11) is 9.54. The predicted molar refractivity (Wildman–Crippen MR) is 162 cm³/mol. The van der Waals surface area contributed by atoms with Crippen molar-refractivity contribution in [2.24, 2.45) is 0 Å². The van der Waals surface area contributed by atoms with E-state index >= 15 is 0 Å². The zero-order chi connectivity index (χ0) is 23.6. The van der Waals surface area contributed by atoms with Gasteiger partial charge in [0.2, 0.25) is 0 Å². The third kappa shape index (κ3) is 6.67. The van der Waals surface area contributed by atoms with Gasteiger partial charge in [-0.25, -0.2) is 0 Å². The summed E-state index contributed by atoms with van der Waals surface area (Å²) >= 11 is -1.74. The predicted octanol–water partition coefficient (Wildman–Crippen LogP) is 4.98. The van der Waals surface area contributed by atoms with Crippen molar-refractivity contribution in [1.29, 1.82) is 0 Å². The maximum atomic E-state index is 5.73. The molecule has 0 amide bonds. The van der Waals surface area contributed by atoms with E-state index in [1.54, 1.807) is 0 Å². The molecule has 5 aromatic rings. The zero-order valence-electron chi connectivity index (χ0n) is 18.9. The molecule has 35 heavy (non-hydrogen) atoms. The first-order valence-electron chi connectivity index (χ1n) is 10.9. The van der Waals surface area contributed by atoms with E-state index < -0.39 is 24.8 Å². The van der Waals surface area contributed by atoms with Crippen LogP contribution < -0.4 is 33.6 Å². The van der Waals surface area contributed by atoms with Crippen molar-refractivity contribution in [2.75, 3.05) is 0 Å². The third-order valence-corrected chi connectivity index (χ3v) is 13.6. The molecule has 0 saturated heterocycles. The molecule has 0 aromatic heterocycles. The second-order valence-corrected chi connectivity index (χ2v) is 18.1. The molecule has 0 spiro atoms. The van der Waals surface area contributed by atoms with Gasteiger partial charge in [-0.2, -0.15) is 0 Å². The minimum Gasteiger partial charge on any atom is -1.00 e. The zero-order valence-corrected chi connectivity index (χ0v) is 24.2. The van der Waals surface area contributed by atoms with Crippen molar-refractivity contribution in [2.45, 2.75) is 0 Å². The van der Waals surface area contributed by atoms with Gasteiger partial charge in [0.1, 0.15) is 28.5 Å². The monoisotopic (exact) mass is 648 g/mol. The van der Waals surface area contributed by atoms with Gasteiger partial charge in [0.15, 0.2) is 0 Å². The number of rotatable bonds is 5. The van der Waals surface area contributed by atoms with Crippen molar-refractivity contribution >= 4 is 63.9 Å². The Morgan fingerprint density at radius 2 is 0.600 bits per heavy atom. The average molecular weight is 650 g/mol. The van der Waals surface area contributed by atoms with E-state index in [4.69, 9.17) is 17.8 Å². The summed E-state index contributed by atoms with van der Waals surface area (Å²) in [5, 5.41) is 5.55. The second-order valence-electron chi connectivity index (χ2n) is 7.51. The molecule has 5 aromatic carbocycles. The van der Waals surface area contributed by atoms with E-state index in [-0.39, 0.29) is 12.4 Å². The van der Waals surface area contributed by atoms with Crippen LogP contribution in [0, 0.1) is 3.57 Å². The van der Waals surface area contributed by atoms with Crippen LogP contribution in [0.2, 0.25) is 0 Å². The second kappa shape index (κ2) is 14.0. The van der Waals surface area contributed by atoms with E-state index in [1.807, 2.05) is 30.3 Å². The number of hydrogen-bond donors (Lipinski definition) is 0. The molecular formula is C30H25Cl3IP. The van der Waals surface area contributed by atoms with E-state index in [0.29, 0.717) is 0 Å². The topological polar surface area (TPSA) is 0 Å². The summed E-state index contributed by atoms with van der Waals surface area (Å²) in [5.74, 6) is 0. The van der Waals surface area contributed by atoms with Crippen LogP contribution in [0.1, 0.15) is 0 Å². The normalized spacial score (nSPS) is 10.9. The smallest absolute Gasteiger partial charge is 0.144 e. The molecule has 0 aliphatic heterocycles. The fourth-order valence-corrected chi connectivity index (χ4v) is 10.5. The molecular weight excluding hydrogens is 625 g/mol. The third-order valence-electron chi connectivity index (χ3n) is 5.47. The van der Waals surface area contributed by atoms with Gasteiger partial charge < -0.3 is 12.4 Å². The van der Waals surface area contributed by atoms with Crippen molar-refractivity contribution in [1.82, 2.24) is 0 Å². The minimum atomic E-state index is -1.91. The van der Waals surface area contributed by atoms with Gasteiger partial charge >= 0.3 is 69.3 Å². The van der Waals surface area contributed by atoms with Crippen LogP contribution in [-0.2, 0) is 0 Å². The molecule has 0 N–H and O–H groups in total. The molecule has 0 fully saturated rings. The summed E-state index contributed by atoms with van der Waals surface area (Å²) in [4.78, 5) is 0. The maximum absolute atomic E-state index is 5.73. The molecule has 0 bridgehead atoms. The van der Waals surface area contributed by atoms with Crippen molar-refractivity contribution in [3.8, 4) is 0 Å². The van der Waals surface area contributed by atoms with Gasteiger partial charge in [0, 0.05) is 0 Å². The molecule has 0 nitrogen and oxygen atoms in total. The summed E-state index contributed by atoms with van der Waals surface area (Å²) in [5.41, 5.74) is 0. The van der Waals surface area contributed by atoms with Crippen LogP contribution in [0.3, 0.4) is 0 Å². The van der Waals surface area contributed by atoms with Gasteiger partial charge in [0.25, 0.3) is 0 Å². The van der Waals surface area contributed by atoms with E-state index in [0.717, 1.165) is 3.57 Å². The molecule has 0 aliphatic rings. The fourth-order valence-electron chi connectivity index (χ4n) is 4.01. The maximum Gasteiger partial charge on any atom is 0.144 e. The summed E-state index contributed by atoms with van der Waals surface area (Å²) in [6.07, 6.45) is 0. The Labute approximate surface area is 229 Å². The largest absolute Gasteiger partial charge is 1.00 e. The van der Waals surface area contributed by atoms with E-state index in [2.05, 4.69) is 121 Å². The van der Waals surface area contributed by atoms with E-state index in [1.165, 1.54) is 21.2 Å². The molecule has 5 rings (SSSR count). The number of benzene rings is 5. The van der Waals surface area contributed by atoms with Gasteiger partial charge in [0.05, 0.1) is 0 Å². The SMILES string of the molecule is ClI(Cl)c1ccccc1.[Cl-].c1ccc([P+](c2ccccc2)(c2ccccc2)c2ccccc2)cc1. The Bertz CT molecular complexity index is 1090. The molecule has 178 valence electrons. The van der Waals surface area contributed by atoms with Gasteiger partial charge in [-0.15, -0.1) is 0 Å². The Morgan fingerprint density at radius 3 is 0.800 bits per heavy atom. The molecule has 0 heterocycles. The molecule has 5 heteroatoms. The van der Waals surface area contributed by atoms with Crippen LogP contribution in [0.5, 0.6) is 0 Å². The van der Waals surface area contributed by atoms with Crippen LogP contribution in [0.25, 0.3) is 0 Å². The summed E-state index contributed by atoms with van der Waals surface area (Å²) < 4.78 is 1.10. The molecule has 0 unspecified atom stereocenters. The van der Waals surface area contributed by atoms with Crippen LogP contribution in [0.4, 0.5) is 0 Å². The molecule has 0 atom stereocenters. The molecule has 0 saturated carbocycles. The van der Waals surface area contributed by atoms with Crippen molar-refractivity contribution in [3.05, 3.63) is 155 Å². The molecule has 0 aliphatic carbocycles. The first-order chi connectivity index (χ1) is 16.7. The Morgan fingerprint density at radius 1 is 0.371 bits per heavy atom. The fraction of sp³-hybridized carbons (Fsp3) is 0. The van der Waals surface area contributed by atoms with Crippen molar-refractivity contribution in [3.63, 3.8) is 0 Å². The summed E-state index contributed by atoms with van der Waals surface area (Å²) in [6.45, 7) is 0. The first-order valence-corrected chi connectivity index (χ1v) is 19.3. The van der Waals surface area contributed by atoms with E-state index in [9.17, 15) is 0 Å². The van der Waals surface area contributed by atoms with Crippen LogP contribution in [-0.4, -0.2) is 0 Å². The Hall–Kier alpha value is -1.87. The number of halogens is 4. The van der Waals surface area contributed by atoms with Crippen molar-refractivity contribution < 1.29 is 12.4 Å². The van der Waals surface area contributed by atoms with Crippen LogP contribution in [0.15, 0.2) is 152 Å². The average Bonchev–Trinajstić information content (AvgIpc) is 2.93. The summed E-state index contributed by atoms with van der Waals surface area (Å²) in [6, 6.07) is 53.6. The van der Waals surface area contributed by atoms with Gasteiger partial charge in [-0.1, -0.05) is 72.8 Å².